The predicted molar refractivity (Wildman–Crippen MR) is 114 cm³/mol. The average Bonchev–Trinajstić information content (AvgIpc) is 3.17. The first kappa shape index (κ1) is 17.9. The number of aryl methyl sites for hydroxylation is 1. The Labute approximate surface area is 176 Å². The van der Waals surface area contributed by atoms with Gasteiger partial charge in [0.25, 0.3) is 0 Å². The third kappa shape index (κ3) is 2.37. The minimum atomic E-state index is -0.476. The van der Waals surface area contributed by atoms with Crippen LogP contribution in [0.15, 0.2) is 24.7 Å². The van der Waals surface area contributed by atoms with Gasteiger partial charge < -0.3 is 15.0 Å². The molecule has 30 heavy (non-hydrogen) atoms. The Kier molecular flexibility index (Phi) is 3.88. The summed E-state index contributed by atoms with van der Waals surface area (Å²) in [6, 6.07) is 3.93. The van der Waals surface area contributed by atoms with Crippen LogP contribution in [0.4, 0.5) is 10.2 Å². The number of piperazine rings is 1. The molecule has 2 aromatic heterocycles. The molecule has 2 aromatic carbocycles. The number of hydrogen-bond acceptors (Lipinski definition) is 6. The van der Waals surface area contributed by atoms with Crippen molar-refractivity contribution in [2.75, 3.05) is 31.1 Å². The van der Waals surface area contributed by atoms with E-state index in [4.69, 9.17) is 16.3 Å². The molecule has 7 nitrogen and oxygen atoms in total. The van der Waals surface area contributed by atoms with Gasteiger partial charge in [-0.25, -0.2) is 14.4 Å². The van der Waals surface area contributed by atoms with E-state index in [1.807, 2.05) is 19.1 Å². The third-order valence-corrected chi connectivity index (χ3v) is 6.39. The molecular weight excluding hydrogens is 407 g/mol. The van der Waals surface area contributed by atoms with Gasteiger partial charge in [0.15, 0.2) is 11.6 Å². The number of aromatic amines is 1. The Balaban J connectivity index is 1.71. The van der Waals surface area contributed by atoms with E-state index in [0.29, 0.717) is 29.1 Å². The molecular formula is C21H18ClFN6O. The minimum absolute atomic E-state index is 0.0888. The highest BCUT2D eigenvalue weighted by Gasteiger charge is 2.34. The summed E-state index contributed by atoms with van der Waals surface area (Å²) < 4.78 is 22.2. The first-order chi connectivity index (χ1) is 14.6. The summed E-state index contributed by atoms with van der Waals surface area (Å²) in [5.41, 5.74) is 2.89. The van der Waals surface area contributed by atoms with E-state index in [1.165, 1.54) is 6.33 Å². The molecule has 2 N–H and O–H groups in total. The second-order valence-corrected chi connectivity index (χ2v) is 8.08. The number of nitrogens with zero attached hydrogens (tertiary/aromatic N) is 4. The van der Waals surface area contributed by atoms with Gasteiger partial charge in [-0.15, -0.1) is 0 Å². The summed E-state index contributed by atoms with van der Waals surface area (Å²) in [7, 11) is 0. The van der Waals surface area contributed by atoms with E-state index < -0.39 is 5.82 Å². The first-order valence-electron chi connectivity index (χ1n) is 9.84. The summed E-state index contributed by atoms with van der Waals surface area (Å²) in [4.78, 5) is 11.0. The number of fused-ring (bicyclic) bond motifs is 3. The summed E-state index contributed by atoms with van der Waals surface area (Å²) in [6.45, 7) is 4.71. The van der Waals surface area contributed by atoms with Crippen molar-refractivity contribution >= 4 is 39.2 Å². The predicted octanol–water partition coefficient (Wildman–Crippen LogP) is 3.44. The van der Waals surface area contributed by atoms with E-state index >= 15 is 4.39 Å². The highest BCUT2D eigenvalue weighted by Crippen LogP contribution is 2.49. The molecule has 2 aliphatic heterocycles. The van der Waals surface area contributed by atoms with Crippen LogP contribution in [-0.4, -0.2) is 52.4 Å². The van der Waals surface area contributed by atoms with E-state index in [9.17, 15) is 0 Å². The molecule has 9 heteroatoms. The third-order valence-electron chi connectivity index (χ3n) is 6.03. The van der Waals surface area contributed by atoms with Gasteiger partial charge in [-0.1, -0.05) is 17.7 Å². The minimum Gasteiger partial charge on any atom is -0.489 e. The van der Waals surface area contributed by atoms with Crippen LogP contribution in [0.5, 0.6) is 5.75 Å². The van der Waals surface area contributed by atoms with Crippen molar-refractivity contribution in [3.8, 4) is 16.9 Å². The molecule has 1 saturated heterocycles. The van der Waals surface area contributed by atoms with Gasteiger partial charge in [0.05, 0.1) is 28.2 Å². The van der Waals surface area contributed by atoms with Gasteiger partial charge >= 0.3 is 0 Å². The molecule has 0 radical (unpaired) electrons. The zero-order valence-electron chi connectivity index (χ0n) is 16.2. The Bertz CT molecular complexity index is 1320. The molecule has 152 valence electrons. The second kappa shape index (κ2) is 6.52. The summed E-state index contributed by atoms with van der Waals surface area (Å²) in [5, 5.41) is 12.0. The largest absolute Gasteiger partial charge is 0.489 e. The topological polar surface area (TPSA) is 79.0 Å². The lowest BCUT2D eigenvalue weighted by atomic mass is 9.94. The van der Waals surface area contributed by atoms with Gasteiger partial charge in [0.2, 0.25) is 0 Å². The number of rotatable bonds is 1. The van der Waals surface area contributed by atoms with E-state index in [0.717, 1.165) is 36.1 Å². The van der Waals surface area contributed by atoms with Gasteiger partial charge in [-0.2, -0.15) is 5.10 Å². The fourth-order valence-electron chi connectivity index (χ4n) is 4.59. The zero-order chi connectivity index (χ0) is 20.4. The number of halogens is 2. The molecule has 0 unspecified atom stereocenters. The SMILES string of the molecule is Cc1ccc2[nH]ncc2c1-c1c(Cl)c2c3c(ncnc3c1F)N1CCNC[C@H]1CO2. The molecule has 0 amide bonds. The maximum Gasteiger partial charge on any atom is 0.159 e. The molecule has 0 bridgehead atoms. The van der Waals surface area contributed by atoms with Crippen molar-refractivity contribution in [3.05, 3.63) is 41.1 Å². The summed E-state index contributed by atoms with van der Waals surface area (Å²) in [6.07, 6.45) is 3.10. The maximum absolute atomic E-state index is 16.0. The maximum atomic E-state index is 16.0. The number of aromatic nitrogens is 4. The smallest absolute Gasteiger partial charge is 0.159 e. The fourth-order valence-corrected chi connectivity index (χ4v) is 4.92. The van der Waals surface area contributed by atoms with Crippen LogP contribution in [0.1, 0.15) is 5.56 Å². The summed E-state index contributed by atoms with van der Waals surface area (Å²) >= 11 is 6.86. The van der Waals surface area contributed by atoms with Gasteiger partial charge in [0.1, 0.15) is 24.3 Å². The van der Waals surface area contributed by atoms with Crippen LogP contribution in [0, 0.1) is 12.7 Å². The van der Waals surface area contributed by atoms with Gasteiger partial charge in [-0.05, 0) is 18.6 Å². The molecule has 0 saturated carbocycles. The first-order valence-corrected chi connectivity index (χ1v) is 10.2. The van der Waals surface area contributed by atoms with Crippen LogP contribution in [0.25, 0.3) is 32.9 Å². The molecule has 4 aromatic rings. The Morgan fingerprint density at radius 2 is 2.17 bits per heavy atom. The summed E-state index contributed by atoms with van der Waals surface area (Å²) in [5.74, 6) is 0.633. The van der Waals surface area contributed by atoms with E-state index in [2.05, 4.69) is 30.4 Å². The lowest BCUT2D eigenvalue weighted by Crippen LogP contribution is -2.53. The van der Waals surface area contributed by atoms with Crippen LogP contribution in [0.3, 0.4) is 0 Å². The number of hydrogen-bond donors (Lipinski definition) is 2. The average molecular weight is 425 g/mol. The highest BCUT2D eigenvalue weighted by molar-refractivity contribution is 6.37. The lowest BCUT2D eigenvalue weighted by molar-refractivity contribution is 0.274. The Morgan fingerprint density at radius 3 is 3.07 bits per heavy atom. The number of anilines is 1. The number of benzene rings is 2. The second-order valence-electron chi connectivity index (χ2n) is 7.70. The Hall–Kier alpha value is -2.97. The number of ether oxygens (including phenoxy) is 1. The van der Waals surface area contributed by atoms with Crippen molar-refractivity contribution in [1.82, 2.24) is 25.5 Å². The highest BCUT2D eigenvalue weighted by atomic mass is 35.5. The van der Waals surface area contributed by atoms with Crippen LogP contribution < -0.4 is 15.0 Å². The molecule has 0 spiro atoms. The molecule has 2 aliphatic rings. The standard InChI is InChI=1S/C21H18ClFN6O/c1-10-2-3-13-12(7-27-28-13)14(10)15-17(22)20-16-19(18(15)23)25-9-26-21(16)29-5-4-24-6-11(29)8-30-20/h2-3,7,9,11,24H,4-6,8H2,1H3,(H,27,28)/t11-/m0/s1. The van der Waals surface area contributed by atoms with Crippen molar-refractivity contribution in [1.29, 1.82) is 0 Å². The molecule has 1 fully saturated rings. The van der Waals surface area contributed by atoms with Gasteiger partial charge in [0, 0.05) is 36.1 Å². The number of nitrogens with one attached hydrogen (secondary N) is 2. The van der Waals surface area contributed by atoms with E-state index in [1.54, 1.807) is 6.20 Å². The van der Waals surface area contributed by atoms with Crippen LogP contribution in [-0.2, 0) is 0 Å². The van der Waals surface area contributed by atoms with Crippen molar-refractivity contribution in [3.63, 3.8) is 0 Å². The number of H-pyrrole nitrogens is 1. The van der Waals surface area contributed by atoms with Crippen LogP contribution in [0.2, 0.25) is 5.02 Å². The van der Waals surface area contributed by atoms with E-state index in [-0.39, 0.29) is 22.1 Å². The lowest BCUT2D eigenvalue weighted by Gasteiger charge is -2.35. The quantitative estimate of drug-likeness (QED) is 0.487. The van der Waals surface area contributed by atoms with Crippen molar-refractivity contribution < 1.29 is 9.13 Å². The molecule has 1 atom stereocenters. The monoisotopic (exact) mass is 424 g/mol. The van der Waals surface area contributed by atoms with Crippen LogP contribution >= 0.6 is 11.6 Å². The van der Waals surface area contributed by atoms with Crippen molar-refractivity contribution in [2.45, 2.75) is 13.0 Å². The van der Waals surface area contributed by atoms with Gasteiger partial charge in [-0.3, -0.25) is 5.10 Å². The normalized spacial score (nSPS) is 18.4. The molecule has 4 heterocycles. The zero-order valence-corrected chi connectivity index (χ0v) is 16.9. The molecule has 6 rings (SSSR count). The van der Waals surface area contributed by atoms with Crippen molar-refractivity contribution in [2.24, 2.45) is 0 Å². The Morgan fingerprint density at radius 1 is 1.27 bits per heavy atom. The molecule has 0 aliphatic carbocycles. The fraction of sp³-hybridized carbons (Fsp3) is 0.286.